The molecule has 1 aromatic carbocycles. The topological polar surface area (TPSA) is 38.1 Å². The molecule has 5 heteroatoms. The van der Waals surface area contributed by atoms with E-state index in [9.17, 15) is 4.79 Å². The number of carbonyl (C=O) groups excluding carboxylic acids is 1. The minimum absolute atomic E-state index is 0.0901. The molecule has 0 atom stereocenters. The van der Waals surface area contributed by atoms with E-state index in [1.807, 2.05) is 21.7 Å². The summed E-state index contributed by atoms with van der Waals surface area (Å²) in [6.45, 7) is 3.60. The third kappa shape index (κ3) is 2.42. The second kappa shape index (κ2) is 6.09. The summed E-state index contributed by atoms with van der Waals surface area (Å²) in [4.78, 5) is 16.7. The number of benzene rings is 1. The highest BCUT2D eigenvalue weighted by Crippen LogP contribution is 2.31. The second-order valence-corrected chi connectivity index (χ2v) is 8.17. The summed E-state index contributed by atoms with van der Waals surface area (Å²) >= 11 is 1.80. The zero-order chi connectivity index (χ0) is 17.7. The largest absolute Gasteiger partial charge is 0.333 e. The molecule has 0 unspecified atom stereocenters. The molecule has 1 amide bonds. The van der Waals surface area contributed by atoms with Gasteiger partial charge in [0, 0.05) is 29.2 Å². The molecule has 2 aliphatic rings. The number of carbonyl (C=O) groups is 1. The standard InChI is InChI=1S/C21H21N3OS/c1-14-5-2-3-7-17(14)24-18-8-4-6-16(18)20(22-24)21(25)23-11-9-19-15(13-23)10-12-26-19/h2-3,5,7,10,12H,4,6,8-9,11,13H2,1H3. The van der Waals surface area contributed by atoms with Crippen molar-refractivity contribution in [3.63, 3.8) is 0 Å². The van der Waals surface area contributed by atoms with Gasteiger partial charge in [0.1, 0.15) is 0 Å². The molecule has 4 nitrogen and oxygen atoms in total. The molecular weight excluding hydrogens is 342 g/mol. The van der Waals surface area contributed by atoms with Crippen LogP contribution in [0.5, 0.6) is 0 Å². The van der Waals surface area contributed by atoms with Gasteiger partial charge in [0.15, 0.2) is 5.69 Å². The molecular formula is C21H21N3OS. The summed E-state index contributed by atoms with van der Waals surface area (Å²) in [6.07, 6.45) is 4.02. The molecule has 5 rings (SSSR count). The fraction of sp³-hybridized carbons (Fsp3) is 0.333. The third-order valence-electron chi connectivity index (χ3n) is 5.57. The van der Waals surface area contributed by atoms with E-state index in [0.717, 1.165) is 43.5 Å². The number of thiophene rings is 1. The normalized spacial score (nSPS) is 15.8. The SMILES string of the molecule is Cc1ccccc1-n1nc(C(=O)N2CCc3sccc3C2)c2c1CCC2. The van der Waals surface area contributed by atoms with Crippen molar-refractivity contribution in [3.05, 3.63) is 68.7 Å². The lowest BCUT2D eigenvalue weighted by Crippen LogP contribution is -2.36. The summed E-state index contributed by atoms with van der Waals surface area (Å²) in [5.74, 6) is 0.0901. The molecule has 0 saturated heterocycles. The lowest BCUT2D eigenvalue weighted by atomic mass is 10.1. The van der Waals surface area contributed by atoms with Gasteiger partial charge < -0.3 is 4.90 Å². The van der Waals surface area contributed by atoms with E-state index in [1.165, 1.54) is 21.7 Å². The summed E-state index contributed by atoms with van der Waals surface area (Å²) in [7, 11) is 0. The van der Waals surface area contributed by atoms with Crippen LogP contribution in [-0.4, -0.2) is 27.1 Å². The molecule has 0 fully saturated rings. The summed E-state index contributed by atoms with van der Waals surface area (Å²) in [6, 6.07) is 10.4. The van der Waals surface area contributed by atoms with Gasteiger partial charge in [0.2, 0.25) is 0 Å². The van der Waals surface area contributed by atoms with E-state index in [0.29, 0.717) is 12.2 Å². The molecule has 0 bridgehead atoms. The van der Waals surface area contributed by atoms with Crippen LogP contribution in [0.15, 0.2) is 35.7 Å². The lowest BCUT2D eigenvalue weighted by Gasteiger charge is -2.26. The van der Waals surface area contributed by atoms with Crippen LogP contribution in [0.4, 0.5) is 0 Å². The summed E-state index contributed by atoms with van der Waals surface area (Å²) < 4.78 is 2.02. The third-order valence-corrected chi connectivity index (χ3v) is 6.59. The van der Waals surface area contributed by atoms with E-state index < -0.39 is 0 Å². The van der Waals surface area contributed by atoms with E-state index in [2.05, 4.69) is 30.5 Å². The van der Waals surface area contributed by atoms with Crippen molar-refractivity contribution in [1.29, 1.82) is 0 Å². The van der Waals surface area contributed by atoms with Gasteiger partial charge in [-0.1, -0.05) is 18.2 Å². The number of aromatic nitrogens is 2. The second-order valence-electron chi connectivity index (χ2n) is 7.17. The maximum atomic E-state index is 13.3. The van der Waals surface area contributed by atoms with Crippen molar-refractivity contribution in [2.75, 3.05) is 6.54 Å². The van der Waals surface area contributed by atoms with Gasteiger partial charge >= 0.3 is 0 Å². The monoisotopic (exact) mass is 363 g/mol. The average molecular weight is 363 g/mol. The molecule has 2 aromatic heterocycles. The van der Waals surface area contributed by atoms with Crippen LogP contribution < -0.4 is 0 Å². The van der Waals surface area contributed by atoms with E-state index in [1.54, 1.807) is 11.3 Å². The summed E-state index contributed by atoms with van der Waals surface area (Å²) in [5, 5.41) is 6.94. The first-order valence-corrected chi connectivity index (χ1v) is 10.1. The van der Waals surface area contributed by atoms with Crippen molar-refractivity contribution in [2.45, 2.75) is 39.2 Å². The Hall–Kier alpha value is -2.40. The smallest absolute Gasteiger partial charge is 0.274 e. The van der Waals surface area contributed by atoms with Crippen LogP contribution >= 0.6 is 11.3 Å². The van der Waals surface area contributed by atoms with Crippen molar-refractivity contribution in [2.24, 2.45) is 0 Å². The van der Waals surface area contributed by atoms with Crippen molar-refractivity contribution in [3.8, 4) is 5.69 Å². The number of hydrogen-bond acceptors (Lipinski definition) is 3. The Morgan fingerprint density at radius 2 is 2.04 bits per heavy atom. The number of rotatable bonds is 2. The molecule has 0 saturated carbocycles. The van der Waals surface area contributed by atoms with Crippen LogP contribution in [0.2, 0.25) is 0 Å². The number of amides is 1. The lowest BCUT2D eigenvalue weighted by molar-refractivity contribution is 0.0728. The predicted octanol–water partition coefficient (Wildman–Crippen LogP) is 3.93. The number of aryl methyl sites for hydroxylation is 1. The Morgan fingerprint density at radius 1 is 1.15 bits per heavy atom. The fourth-order valence-electron chi connectivity index (χ4n) is 4.18. The van der Waals surface area contributed by atoms with Crippen molar-refractivity contribution >= 4 is 17.2 Å². The Morgan fingerprint density at radius 3 is 2.92 bits per heavy atom. The maximum Gasteiger partial charge on any atom is 0.274 e. The minimum atomic E-state index is 0.0901. The van der Waals surface area contributed by atoms with Gasteiger partial charge in [-0.3, -0.25) is 4.79 Å². The highest BCUT2D eigenvalue weighted by Gasteiger charge is 2.31. The highest BCUT2D eigenvalue weighted by molar-refractivity contribution is 7.10. The predicted molar refractivity (Wildman–Crippen MR) is 103 cm³/mol. The molecule has 1 aliphatic carbocycles. The fourth-order valence-corrected chi connectivity index (χ4v) is 5.07. The minimum Gasteiger partial charge on any atom is -0.333 e. The van der Waals surface area contributed by atoms with Gasteiger partial charge in [-0.2, -0.15) is 5.10 Å². The van der Waals surface area contributed by atoms with Gasteiger partial charge in [0.05, 0.1) is 5.69 Å². The molecule has 0 spiro atoms. The number of para-hydroxylation sites is 1. The Kier molecular flexibility index (Phi) is 3.71. The van der Waals surface area contributed by atoms with Gasteiger partial charge in [-0.05, 0) is 61.2 Å². The van der Waals surface area contributed by atoms with Crippen molar-refractivity contribution < 1.29 is 4.79 Å². The Labute approximate surface area is 157 Å². The molecule has 1 aliphatic heterocycles. The summed E-state index contributed by atoms with van der Waals surface area (Å²) in [5.41, 5.74) is 6.61. The molecule has 26 heavy (non-hydrogen) atoms. The molecule has 3 aromatic rings. The van der Waals surface area contributed by atoms with Crippen molar-refractivity contribution in [1.82, 2.24) is 14.7 Å². The quantitative estimate of drug-likeness (QED) is 0.692. The van der Waals surface area contributed by atoms with Gasteiger partial charge in [-0.15, -0.1) is 11.3 Å². The molecule has 0 radical (unpaired) electrons. The highest BCUT2D eigenvalue weighted by atomic mass is 32.1. The van der Waals surface area contributed by atoms with Crippen LogP contribution in [-0.2, 0) is 25.8 Å². The average Bonchev–Trinajstić information content (AvgIpc) is 3.37. The van der Waals surface area contributed by atoms with Gasteiger partial charge in [-0.25, -0.2) is 4.68 Å². The first-order valence-electron chi connectivity index (χ1n) is 9.23. The van der Waals surface area contributed by atoms with Gasteiger partial charge in [0.25, 0.3) is 5.91 Å². The van der Waals surface area contributed by atoms with E-state index in [4.69, 9.17) is 5.10 Å². The first-order chi connectivity index (χ1) is 12.7. The van der Waals surface area contributed by atoms with Crippen LogP contribution in [0, 0.1) is 6.92 Å². The zero-order valence-corrected chi connectivity index (χ0v) is 15.7. The van der Waals surface area contributed by atoms with Crippen LogP contribution in [0.3, 0.4) is 0 Å². The van der Waals surface area contributed by atoms with E-state index >= 15 is 0 Å². The number of fused-ring (bicyclic) bond motifs is 2. The van der Waals surface area contributed by atoms with Crippen LogP contribution in [0.25, 0.3) is 5.69 Å². The zero-order valence-electron chi connectivity index (χ0n) is 14.9. The molecule has 0 N–H and O–H groups in total. The Balaban J connectivity index is 1.53. The molecule has 3 heterocycles. The molecule has 132 valence electrons. The van der Waals surface area contributed by atoms with E-state index in [-0.39, 0.29) is 5.91 Å². The number of hydrogen-bond donors (Lipinski definition) is 0. The number of nitrogens with zero attached hydrogens (tertiary/aromatic N) is 3. The van der Waals surface area contributed by atoms with Crippen LogP contribution in [0.1, 0.15) is 44.2 Å². The maximum absolute atomic E-state index is 13.3. The first kappa shape index (κ1) is 15.8. The Bertz CT molecular complexity index is 1000.